The van der Waals surface area contributed by atoms with Gasteiger partial charge in [0, 0.05) is 12.6 Å². The van der Waals surface area contributed by atoms with Crippen LogP contribution < -0.4 is 10.1 Å². The fraction of sp³-hybridized carbons (Fsp3) is 0.647. The Morgan fingerprint density at radius 2 is 1.63 bits per heavy atom. The lowest BCUT2D eigenvalue weighted by atomic mass is 9.99. The van der Waals surface area contributed by atoms with E-state index in [1.54, 1.807) is 0 Å². The van der Waals surface area contributed by atoms with Gasteiger partial charge in [-0.1, -0.05) is 39.8 Å². The Labute approximate surface area is 118 Å². The second-order valence-corrected chi connectivity index (χ2v) is 5.19. The minimum atomic E-state index is 0.622. The van der Waals surface area contributed by atoms with Gasteiger partial charge in [-0.2, -0.15) is 0 Å². The maximum Gasteiger partial charge on any atom is 0.119 e. The minimum absolute atomic E-state index is 0.622. The van der Waals surface area contributed by atoms with Crippen LogP contribution in [0.15, 0.2) is 24.3 Å². The monoisotopic (exact) mass is 263 g/mol. The molecular weight excluding hydrogens is 234 g/mol. The maximum absolute atomic E-state index is 5.75. The summed E-state index contributed by atoms with van der Waals surface area (Å²) in [7, 11) is 0. The summed E-state index contributed by atoms with van der Waals surface area (Å²) in [5.74, 6) is 1.60. The molecule has 0 saturated carbocycles. The Morgan fingerprint density at radius 3 is 2.16 bits per heavy atom. The quantitative estimate of drug-likeness (QED) is 0.668. The zero-order chi connectivity index (χ0) is 14.1. The Balaban J connectivity index is 2.30. The van der Waals surface area contributed by atoms with Crippen molar-refractivity contribution >= 4 is 0 Å². The van der Waals surface area contributed by atoms with E-state index in [0.717, 1.165) is 18.9 Å². The third-order valence-electron chi connectivity index (χ3n) is 3.85. The number of ether oxygens (including phenoxy) is 1. The molecule has 0 amide bonds. The third-order valence-corrected chi connectivity index (χ3v) is 3.85. The summed E-state index contributed by atoms with van der Waals surface area (Å²) in [5.41, 5.74) is 1.39. The van der Waals surface area contributed by atoms with E-state index >= 15 is 0 Å². The van der Waals surface area contributed by atoms with Gasteiger partial charge in [0.2, 0.25) is 0 Å². The van der Waals surface area contributed by atoms with Crippen molar-refractivity contribution in [2.75, 3.05) is 13.2 Å². The van der Waals surface area contributed by atoms with Crippen molar-refractivity contribution in [1.29, 1.82) is 0 Å². The van der Waals surface area contributed by atoms with E-state index in [2.05, 4.69) is 57.3 Å². The van der Waals surface area contributed by atoms with Crippen LogP contribution in [0.4, 0.5) is 0 Å². The van der Waals surface area contributed by atoms with Gasteiger partial charge in [-0.25, -0.2) is 0 Å². The molecule has 0 aliphatic carbocycles. The predicted molar refractivity (Wildman–Crippen MR) is 83.0 cm³/mol. The van der Waals surface area contributed by atoms with Crippen LogP contribution in [0.3, 0.4) is 0 Å². The molecule has 0 spiro atoms. The van der Waals surface area contributed by atoms with Crippen LogP contribution in [0.5, 0.6) is 5.75 Å². The first-order valence-corrected chi connectivity index (χ1v) is 7.67. The first kappa shape index (κ1) is 16.0. The Kier molecular flexibility index (Phi) is 7.57. The van der Waals surface area contributed by atoms with Gasteiger partial charge in [0.15, 0.2) is 0 Å². The molecule has 0 aliphatic rings. The molecule has 0 aromatic heterocycles. The first-order chi connectivity index (χ1) is 9.21. The smallest absolute Gasteiger partial charge is 0.119 e. The number of benzene rings is 1. The number of hydrogen-bond donors (Lipinski definition) is 1. The van der Waals surface area contributed by atoms with E-state index in [1.807, 2.05) is 0 Å². The second-order valence-electron chi connectivity index (χ2n) is 5.19. The van der Waals surface area contributed by atoms with E-state index in [-0.39, 0.29) is 0 Å². The molecule has 1 atom stereocenters. The molecular formula is C17H29NO. The number of nitrogens with one attached hydrogen (secondary N) is 1. The summed E-state index contributed by atoms with van der Waals surface area (Å²) in [5, 5.41) is 3.50. The molecule has 0 radical (unpaired) electrons. The van der Waals surface area contributed by atoms with Gasteiger partial charge in [0.1, 0.15) is 12.4 Å². The lowest BCUT2D eigenvalue weighted by Gasteiger charge is -2.15. The van der Waals surface area contributed by atoms with Gasteiger partial charge in [-0.3, -0.25) is 0 Å². The maximum atomic E-state index is 5.75. The highest BCUT2D eigenvalue weighted by atomic mass is 16.5. The summed E-state index contributed by atoms with van der Waals surface area (Å²) < 4.78 is 5.75. The van der Waals surface area contributed by atoms with Gasteiger partial charge in [-0.15, -0.1) is 0 Å². The molecule has 19 heavy (non-hydrogen) atoms. The van der Waals surface area contributed by atoms with E-state index in [1.165, 1.54) is 24.8 Å². The number of rotatable bonds is 9. The molecule has 1 aromatic carbocycles. The highest BCUT2D eigenvalue weighted by molar-refractivity contribution is 5.29. The van der Waals surface area contributed by atoms with Crippen LogP contribution in [-0.4, -0.2) is 19.2 Å². The van der Waals surface area contributed by atoms with E-state index in [9.17, 15) is 0 Å². The molecule has 0 saturated heterocycles. The van der Waals surface area contributed by atoms with E-state index in [0.29, 0.717) is 12.0 Å². The van der Waals surface area contributed by atoms with Crippen LogP contribution in [0.2, 0.25) is 0 Å². The average molecular weight is 263 g/mol. The van der Waals surface area contributed by atoms with Crippen LogP contribution in [0.25, 0.3) is 0 Å². The summed E-state index contributed by atoms with van der Waals surface area (Å²) in [6, 6.07) is 9.14. The molecule has 1 aromatic rings. The van der Waals surface area contributed by atoms with Crippen molar-refractivity contribution in [1.82, 2.24) is 5.32 Å². The predicted octanol–water partition coefficient (Wildman–Crippen LogP) is 4.36. The van der Waals surface area contributed by atoms with Gasteiger partial charge in [0.05, 0.1) is 0 Å². The molecule has 0 aliphatic heterocycles. The average Bonchev–Trinajstić information content (AvgIpc) is 2.47. The molecule has 0 heterocycles. The highest BCUT2D eigenvalue weighted by Gasteiger charge is 2.03. The van der Waals surface area contributed by atoms with Crippen molar-refractivity contribution in [3.8, 4) is 5.75 Å². The molecule has 1 unspecified atom stereocenters. The zero-order valence-corrected chi connectivity index (χ0v) is 12.9. The van der Waals surface area contributed by atoms with Crippen molar-refractivity contribution in [3.63, 3.8) is 0 Å². The topological polar surface area (TPSA) is 21.3 Å². The van der Waals surface area contributed by atoms with Crippen molar-refractivity contribution in [3.05, 3.63) is 29.8 Å². The van der Waals surface area contributed by atoms with Gasteiger partial charge in [0.25, 0.3) is 0 Å². The minimum Gasteiger partial charge on any atom is -0.492 e. The van der Waals surface area contributed by atoms with Crippen molar-refractivity contribution in [2.24, 2.45) is 0 Å². The van der Waals surface area contributed by atoms with Crippen molar-refractivity contribution < 1.29 is 4.74 Å². The SMILES string of the molecule is CCC(CC)NCCOc1ccc(C(C)CC)cc1. The summed E-state index contributed by atoms with van der Waals surface area (Å²) in [6.07, 6.45) is 3.54. The third kappa shape index (κ3) is 5.65. The van der Waals surface area contributed by atoms with Crippen LogP contribution in [-0.2, 0) is 0 Å². The Hall–Kier alpha value is -1.02. The normalized spacial score (nSPS) is 12.7. The molecule has 1 N–H and O–H groups in total. The molecule has 0 fully saturated rings. The van der Waals surface area contributed by atoms with Crippen molar-refractivity contribution in [2.45, 2.75) is 58.9 Å². The van der Waals surface area contributed by atoms with E-state index < -0.39 is 0 Å². The number of hydrogen-bond acceptors (Lipinski definition) is 2. The first-order valence-electron chi connectivity index (χ1n) is 7.67. The van der Waals surface area contributed by atoms with E-state index in [4.69, 9.17) is 4.74 Å². The molecule has 2 heteroatoms. The van der Waals surface area contributed by atoms with Crippen LogP contribution in [0.1, 0.15) is 58.4 Å². The molecule has 108 valence electrons. The molecule has 2 nitrogen and oxygen atoms in total. The summed E-state index contributed by atoms with van der Waals surface area (Å²) in [6.45, 7) is 10.6. The fourth-order valence-electron chi connectivity index (χ4n) is 2.14. The standard InChI is InChI=1S/C17H29NO/c1-5-14(4)15-8-10-17(11-9-15)19-13-12-18-16(6-2)7-3/h8-11,14,16,18H,5-7,12-13H2,1-4H3. The molecule has 0 bridgehead atoms. The van der Waals surface area contributed by atoms with Gasteiger partial charge >= 0.3 is 0 Å². The summed E-state index contributed by atoms with van der Waals surface area (Å²) >= 11 is 0. The fourth-order valence-corrected chi connectivity index (χ4v) is 2.14. The van der Waals surface area contributed by atoms with Gasteiger partial charge in [-0.05, 0) is 42.9 Å². The zero-order valence-electron chi connectivity index (χ0n) is 12.9. The highest BCUT2D eigenvalue weighted by Crippen LogP contribution is 2.21. The van der Waals surface area contributed by atoms with Crippen LogP contribution >= 0.6 is 0 Å². The van der Waals surface area contributed by atoms with Gasteiger partial charge < -0.3 is 10.1 Å². The second kappa shape index (κ2) is 8.98. The lowest BCUT2D eigenvalue weighted by Crippen LogP contribution is -2.31. The van der Waals surface area contributed by atoms with Crippen LogP contribution in [0, 0.1) is 0 Å². The Bertz CT molecular complexity index is 330. The summed E-state index contributed by atoms with van der Waals surface area (Å²) in [4.78, 5) is 0. The largest absolute Gasteiger partial charge is 0.492 e. The molecule has 1 rings (SSSR count). The Morgan fingerprint density at radius 1 is 1.00 bits per heavy atom. The lowest BCUT2D eigenvalue weighted by molar-refractivity contribution is 0.302.